The molecule has 8 heteroatoms. The minimum atomic E-state index is -0.560. The van der Waals surface area contributed by atoms with Gasteiger partial charge in [-0.3, -0.25) is 24.4 Å². The molecular weight excluding hydrogens is 375 g/mol. The molecule has 2 aromatic carbocycles. The number of aromatic nitrogens is 2. The summed E-state index contributed by atoms with van der Waals surface area (Å²) in [6.07, 6.45) is 3.28. The Morgan fingerprint density at radius 3 is 2.76 bits per heavy atom. The second kappa shape index (κ2) is 7.71. The van der Waals surface area contributed by atoms with Crippen LogP contribution in [0.25, 0.3) is 16.6 Å². The van der Waals surface area contributed by atoms with Gasteiger partial charge in [-0.25, -0.2) is 9.37 Å². The van der Waals surface area contributed by atoms with Crippen LogP contribution in [0, 0.1) is 15.9 Å². The van der Waals surface area contributed by atoms with Crippen molar-refractivity contribution >= 4 is 16.6 Å². The van der Waals surface area contributed by atoms with Crippen molar-refractivity contribution in [1.29, 1.82) is 0 Å². The quantitative estimate of drug-likeness (QED) is 0.495. The molecule has 1 fully saturated rings. The molecule has 0 amide bonds. The van der Waals surface area contributed by atoms with Crippen LogP contribution in [0.1, 0.15) is 32.0 Å². The number of benzene rings is 2. The van der Waals surface area contributed by atoms with Gasteiger partial charge < -0.3 is 0 Å². The van der Waals surface area contributed by atoms with Crippen molar-refractivity contribution in [2.75, 3.05) is 6.54 Å². The lowest BCUT2D eigenvalue weighted by Crippen LogP contribution is -2.39. The van der Waals surface area contributed by atoms with Gasteiger partial charge in [0.15, 0.2) is 0 Å². The average Bonchev–Trinajstić information content (AvgIpc) is 2.71. The molecule has 0 aliphatic carbocycles. The van der Waals surface area contributed by atoms with Crippen LogP contribution in [0.15, 0.2) is 47.3 Å². The maximum absolute atomic E-state index is 14.6. The molecule has 3 aromatic rings. The van der Waals surface area contributed by atoms with E-state index in [1.54, 1.807) is 12.1 Å². The highest BCUT2D eigenvalue weighted by Gasteiger charge is 2.23. The maximum Gasteiger partial charge on any atom is 0.270 e. The number of rotatable bonds is 4. The van der Waals surface area contributed by atoms with Gasteiger partial charge in [0.25, 0.3) is 11.2 Å². The van der Waals surface area contributed by atoms with Crippen LogP contribution in [-0.2, 0) is 6.54 Å². The average molecular weight is 396 g/mol. The maximum atomic E-state index is 14.6. The van der Waals surface area contributed by atoms with E-state index in [-0.39, 0.29) is 16.8 Å². The zero-order valence-corrected chi connectivity index (χ0v) is 16.0. The summed E-state index contributed by atoms with van der Waals surface area (Å²) in [6, 6.07) is 10.3. The number of likely N-dealkylation sites (tertiary alicyclic amines) is 1. The van der Waals surface area contributed by atoms with E-state index < -0.39 is 16.3 Å². The van der Waals surface area contributed by atoms with Gasteiger partial charge in [0.05, 0.1) is 28.1 Å². The molecule has 0 saturated carbocycles. The van der Waals surface area contributed by atoms with Crippen LogP contribution in [0.4, 0.5) is 10.1 Å². The Morgan fingerprint density at radius 1 is 1.24 bits per heavy atom. The summed E-state index contributed by atoms with van der Waals surface area (Å²) >= 11 is 0. The first kappa shape index (κ1) is 19.2. The molecule has 0 unspecified atom stereocenters. The molecule has 1 saturated heterocycles. The number of nitrogens with zero attached hydrogens (tertiary/aromatic N) is 4. The summed E-state index contributed by atoms with van der Waals surface area (Å²) in [6.45, 7) is 3.42. The highest BCUT2D eigenvalue weighted by atomic mass is 19.1. The topological polar surface area (TPSA) is 81.3 Å². The van der Waals surface area contributed by atoms with Gasteiger partial charge in [0, 0.05) is 18.2 Å². The van der Waals surface area contributed by atoms with Crippen LogP contribution in [-0.4, -0.2) is 32.0 Å². The minimum Gasteiger partial charge on any atom is -0.293 e. The highest BCUT2D eigenvalue weighted by Crippen LogP contribution is 2.23. The fourth-order valence-electron chi connectivity index (χ4n) is 3.89. The summed E-state index contributed by atoms with van der Waals surface area (Å²) in [5.41, 5.74) is -0.247. The predicted molar refractivity (Wildman–Crippen MR) is 108 cm³/mol. The molecule has 2 heterocycles. The molecule has 0 bridgehead atoms. The van der Waals surface area contributed by atoms with Crippen LogP contribution >= 0.6 is 0 Å². The van der Waals surface area contributed by atoms with Crippen LogP contribution in [0.5, 0.6) is 0 Å². The second-order valence-electron chi connectivity index (χ2n) is 7.39. The summed E-state index contributed by atoms with van der Waals surface area (Å²) in [5, 5.41) is 11.2. The standard InChI is InChI=1S/C21H21FN4O3/c1-14-6-4-5-11-24(14)13-20-23-18-10-9-15(26(28)29)12-16(18)21(27)25(20)19-8-3-2-7-17(19)22/h2-3,7-10,12,14H,4-6,11,13H2,1H3/t14-/m0/s1. The highest BCUT2D eigenvalue weighted by molar-refractivity contribution is 5.80. The van der Waals surface area contributed by atoms with E-state index in [0.29, 0.717) is 23.9 Å². The normalized spacial score (nSPS) is 17.5. The van der Waals surface area contributed by atoms with Crippen molar-refractivity contribution in [3.05, 3.63) is 74.6 Å². The zero-order chi connectivity index (χ0) is 20.5. The van der Waals surface area contributed by atoms with E-state index in [4.69, 9.17) is 0 Å². The summed E-state index contributed by atoms with van der Waals surface area (Å²) in [5.74, 6) is -0.121. The van der Waals surface area contributed by atoms with Crippen LogP contribution in [0.2, 0.25) is 0 Å². The summed E-state index contributed by atoms with van der Waals surface area (Å²) in [7, 11) is 0. The van der Waals surface area contributed by atoms with Gasteiger partial charge >= 0.3 is 0 Å². The van der Waals surface area contributed by atoms with Gasteiger partial charge in [-0.05, 0) is 44.5 Å². The summed E-state index contributed by atoms with van der Waals surface area (Å²) in [4.78, 5) is 30.7. The number of nitro groups is 1. The number of halogens is 1. The Morgan fingerprint density at radius 2 is 2.03 bits per heavy atom. The number of hydrogen-bond donors (Lipinski definition) is 0. The molecule has 1 atom stereocenters. The second-order valence-corrected chi connectivity index (χ2v) is 7.39. The van der Waals surface area contributed by atoms with Crippen LogP contribution in [0.3, 0.4) is 0 Å². The van der Waals surface area contributed by atoms with E-state index >= 15 is 0 Å². The predicted octanol–water partition coefficient (Wildman–Crippen LogP) is 3.81. The lowest BCUT2D eigenvalue weighted by molar-refractivity contribution is -0.384. The van der Waals surface area contributed by atoms with Crippen LogP contribution < -0.4 is 5.56 Å². The van der Waals surface area contributed by atoms with E-state index in [1.165, 1.54) is 34.9 Å². The molecule has 1 aliphatic rings. The van der Waals surface area contributed by atoms with Crippen molar-refractivity contribution in [3.63, 3.8) is 0 Å². The molecule has 7 nitrogen and oxygen atoms in total. The van der Waals surface area contributed by atoms with Crippen molar-refractivity contribution in [3.8, 4) is 5.69 Å². The van der Waals surface area contributed by atoms with Crippen molar-refractivity contribution in [1.82, 2.24) is 14.5 Å². The summed E-state index contributed by atoms with van der Waals surface area (Å²) < 4.78 is 15.8. The first-order valence-electron chi connectivity index (χ1n) is 9.65. The Balaban J connectivity index is 1.94. The number of piperidine rings is 1. The molecule has 0 N–H and O–H groups in total. The van der Waals surface area contributed by atoms with Crippen molar-refractivity contribution in [2.24, 2.45) is 0 Å². The first-order valence-corrected chi connectivity index (χ1v) is 9.65. The molecule has 1 aromatic heterocycles. The fraction of sp³-hybridized carbons (Fsp3) is 0.333. The molecule has 29 heavy (non-hydrogen) atoms. The number of para-hydroxylation sites is 1. The lowest BCUT2D eigenvalue weighted by Gasteiger charge is -2.33. The van der Waals surface area contributed by atoms with Gasteiger partial charge in [-0.15, -0.1) is 0 Å². The first-order chi connectivity index (χ1) is 14.0. The Bertz CT molecular complexity index is 1140. The van der Waals surface area contributed by atoms with E-state index in [9.17, 15) is 19.3 Å². The van der Waals surface area contributed by atoms with E-state index in [2.05, 4.69) is 16.8 Å². The number of hydrogen-bond acceptors (Lipinski definition) is 5. The molecular formula is C21H21FN4O3. The zero-order valence-electron chi connectivity index (χ0n) is 16.0. The van der Waals surface area contributed by atoms with E-state index in [1.807, 2.05) is 0 Å². The Hall–Kier alpha value is -3.13. The number of fused-ring (bicyclic) bond motifs is 1. The molecule has 4 rings (SSSR count). The third-order valence-corrected chi connectivity index (χ3v) is 5.51. The molecule has 1 aliphatic heterocycles. The van der Waals surface area contributed by atoms with Gasteiger partial charge in [0.1, 0.15) is 11.6 Å². The monoisotopic (exact) mass is 396 g/mol. The number of nitro benzene ring substituents is 1. The Labute approximate surface area is 166 Å². The minimum absolute atomic E-state index is 0.0953. The van der Waals surface area contributed by atoms with Crippen molar-refractivity contribution in [2.45, 2.75) is 38.8 Å². The third kappa shape index (κ3) is 3.63. The lowest BCUT2D eigenvalue weighted by atomic mass is 10.0. The van der Waals surface area contributed by atoms with Gasteiger partial charge in [0.2, 0.25) is 0 Å². The molecule has 150 valence electrons. The van der Waals surface area contributed by atoms with E-state index in [0.717, 1.165) is 25.8 Å². The van der Waals surface area contributed by atoms with Gasteiger partial charge in [-0.1, -0.05) is 18.6 Å². The fourth-order valence-corrected chi connectivity index (χ4v) is 3.89. The van der Waals surface area contributed by atoms with Crippen molar-refractivity contribution < 1.29 is 9.31 Å². The largest absolute Gasteiger partial charge is 0.293 e. The molecule has 0 radical (unpaired) electrons. The number of non-ortho nitro benzene ring substituents is 1. The third-order valence-electron chi connectivity index (χ3n) is 5.51. The van der Waals surface area contributed by atoms with Gasteiger partial charge in [-0.2, -0.15) is 0 Å². The smallest absolute Gasteiger partial charge is 0.270 e. The SMILES string of the molecule is C[C@H]1CCCCN1Cc1nc2ccc([N+](=O)[O-])cc2c(=O)n1-c1ccccc1F. The Kier molecular flexibility index (Phi) is 5.10. The molecule has 0 spiro atoms.